The number of hydrogen-bond donors (Lipinski definition) is 1. The number of benzene rings is 2. The number of amides is 1. The zero-order chi connectivity index (χ0) is 17.1. The molecule has 1 N–H and O–H groups in total. The third kappa shape index (κ3) is 3.53. The third-order valence-electron chi connectivity index (χ3n) is 4.00. The Morgan fingerprint density at radius 3 is 2.79 bits per heavy atom. The average Bonchev–Trinajstić information content (AvgIpc) is 2.55. The Bertz CT molecular complexity index is 764. The predicted octanol–water partition coefficient (Wildman–Crippen LogP) is 3.68. The zero-order valence-electron chi connectivity index (χ0n) is 12.8. The molecule has 0 saturated heterocycles. The van der Waals surface area contributed by atoms with Gasteiger partial charge in [-0.3, -0.25) is 4.79 Å². The third-order valence-corrected chi connectivity index (χ3v) is 4.00. The number of aryl methyl sites for hydroxylation is 1. The molecule has 0 fully saturated rings. The molecule has 0 radical (unpaired) electrons. The van der Waals surface area contributed by atoms with Crippen molar-refractivity contribution in [1.82, 2.24) is 5.32 Å². The Balaban J connectivity index is 1.63. The van der Waals surface area contributed by atoms with E-state index in [1.54, 1.807) is 12.1 Å². The van der Waals surface area contributed by atoms with Crippen LogP contribution in [0.25, 0.3) is 0 Å². The first-order valence-corrected chi connectivity index (χ1v) is 7.69. The van der Waals surface area contributed by atoms with Gasteiger partial charge in [-0.25, -0.2) is 13.2 Å². The van der Waals surface area contributed by atoms with E-state index >= 15 is 0 Å². The molecule has 1 aliphatic rings. The highest BCUT2D eigenvalue weighted by Gasteiger charge is 2.25. The van der Waals surface area contributed by atoms with Crippen molar-refractivity contribution in [3.8, 4) is 5.75 Å². The number of nitrogens with one attached hydrogen (secondary N) is 1. The van der Waals surface area contributed by atoms with Gasteiger partial charge in [-0.05, 0) is 24.1 Å². The number of halogens is 3. The van der Waals surface area contributed by atoms with Gasteiger partial charge in [0.1, 0.15) is 11.6 Å². The number of hydrogen-bond acceptors (Lipinski definition) is 2. The molecule has 1 heterocycles. The number of fused-ring (bicyclic) bond motifs is 1. The summed E-state index contributed by atoms with van der Waals surface area (Å²) in [7, 11) is 0. The smallest absolute Gasteiger partial charge is 0.220 e. The second-order valence-corrected chi connectivity index (χ2v) is 5.65. The van der Waals surface area contributed by atoms with Gasteiger partial charge in [-0.1, -0.05) is 18.2 Å². The molecule has 2 aromatic rings. The van der Waals surface area contributed by atoms with Crippen LogP contribution in [0.3, 0.4) is 0 Å². The molecule has 24 heavy (non-hydrogen) atoms. The molecule has 1 amide bonds. The number of ether oxygens (including phenoxy) is 1. The molecule has 2 aromatic carbocycles. The minimum Gasteiger partial charge on any atom is -0.490 e. The molecule has 0 saturated carbocycles. The predicted molar refractivity (Wildman–Crippen MR) is 82.1 cm³/mol. The van der Waals surface area contributed by atoms with Crippen molar-refractivity contribution >= 4 is 5.91 Å². The van der Waals surface area contributed by atoms with Crippen LogP contribution < -0.4 is 10.1 Å². The normalized spacial score (nSPS) is 16.2. The minimum absolute atomic E-state index is 0.0601. The molecule has 126 valence electrons. The minimum atomic E-state index is -0.665. The Hall–Kier alpha value is -2.50. The van der Waals surface area contributed by atoms with Crippen molar-refractivity contribution in [2.45, 2.75) is 25.3 Å². The molecule has 3 nitrogen and oxygen atoms in total. The topological polar surface area (TPSA) is 38.3 Å². The fourth-order valence-electron chi connectivity index (χ4n) is 2.78. The lowest BCUT2D eigenvalue weighted by molar-refractivity contribution is -0.122. The Labute approximate surface area is 137 Å². The average molecular weight is 335 g/mol. The molecule has 0 aromatic heterocycles. The van der Waals surface area contributed by atoms with E-state index in [1.807, 2.05) is 0 Å². The molecular formula is C18H16F3NO2. The summed E-state index contributed by atoms with van der Waals surface area (Å²) in [6.07, 6.45) is 0.759. The Morgan fingerprint density at radius 2 is 2.00 bits per heavy atom. The van der Waals surface area contributed by atoms with Crippen LogP contribution in [0.1, 0.15) is 30.0 Å². The van der Waals surface area contributed by atoms with Crippen molar-refractivity contribution in [3.05, 3.63) is 65.0 Å². The van der Waals surface area contributed by atoms with E-state index in [0.29, 0.717) is 18.6 Å². The van der Waals surface area contributed by atoms with Crippen LogP contribution in [0.2, 0.25) is 0 Å². The molecule has 3 rings (SSSR count). The van der Waals surface area contributed by atoms with Crippen LogP contribution in [0.15, 0.2) is 36.4 Å². The summed E-state index contributed by atoms with van der Waals surface area (Å²) in [6, 6.07) is 7.53. The monoisotopic (exact) mass is 335 g/mol. The summed E-state index contributed by atoms with van der Waals surface area (Å²) >= 11 is 0. The first-order chi connectivity index (χ1) is 11.5. The van der Waals surface area contributed by atoms with Crippen LogP contribution in [0.5, 0.6) is 5.75 Å². The second kappa shape index (κ2) is 6.95. The Morgan fingerprint density at radius 1 is 1.17 bits per heavy atom. The van der Waals surface area contributed by atoms with E-state index < -0.39 is 17.5 Å². The van der Waals surface area contributed by atoms with E-state index in [9.17, 15) is 18.0 Å². The molecule has 0 aliphatic carbocycles. The lowest BCUT2D eigenvalue weighted by atomic mass is 10.00. The fraction of sp³-hybridized carbons (Fsp3) is 0.278. The number of rotatable bonds is 4. The van der Waals surface area contributed by atoms with Gasteiger partial charge in [-0.15, -0.1) is 0 Å². The van der Waals surface area contributed by atoms with Crippen LogP contribution in [0.4, 0.5) is 13.2 Å². The highest BCUT2D eigenvalue weighted by Crippen LogP contribution is 2.34. The lowest BCUT2D eigenvalue weighted by Gasteiger charge is -2.27. The molecule has 1 atom stereocenters. The zero-order valence-corrected chi connectivity index (χ0v) is 12.8. The van der Waals surface area contributed by atoms with Gasteiger partial charge in [0, 0.05) is 24.5 Å². The summed E-state index contributed by atoms with van der Waals surface area (Å²) in [5.74, 6) is -1.89. The van der Waals surface area contributed by atoms with Gasteiger partial charge in [0.25, 0.3) is 0 Å². The van der Waals surface area contributed by atoms with Crippen LogP contribution >= 0.6 is 0 Å². The maximum Gasteiger partial charge on any atom is 0.220 e. The fourth-order valence-corrected chi connectivity index (χ4v) is 2.78. The summed E-state index contributed by atoms with van der Waals surface area (Å²) in [4.78, 5) is 12.1. The SMILES string of the molecule is O=C(CCc1ccc(F)cc1F)N[C@H]1CCOc2c(F)cccc21. The lowest BCUT2D eigenvalue weighted by Crippen LogP contribution is -2.32. The quantitative estimate of drug-likeness (QED) is 0.926. The summed E-state index contributed by atoms with van der Waals surface area (Å²) in [5.41, 5.74) is 0.882. The largest absolute Gasteiger partial charge is 0.490 e. The number of carbonyl (C=O) groups excluding carboxylic acids is 1. The maximum absolute atomic E-state index is 13.7. The van der Waals surface area contributed by atoms with Crippen LogP contribution in [-0.2, 0) is 11.2 Å². The second-order valence-electron chi connectivity index (χ2n) is 5.65. The highest BCUT2D eigenvalue weighted by molar-refractivity contribution is 5.77. The molecule has 6 heteroatoms. The summed E-state index contributed by atoms with van der Waals surface area (Å²) in [5, 5.41) is 2.82. The first-order valence-electron chi connectivity index (χ1n) is 7.69. The van der Waals surface area contributed by atoms with Crippen molar-refractivity contribution in [2.75, 3.05) is 6.61 Å². The van der Waals surface area contributed by atoms with Gasteiger partial charge in [0.05, 0.1) is 12.6 Å². The van der Waals surface area contributed by atoms with Gasteiger partial charge in [0.15, 0.2) is 11.6 Å². The van der Waals surface area contributed by atoms with Crippen molar-refractivity contribution in [3.63, 3.8) is 0 Å². The maximum atomic E-state index is 13.7. The molecule has 0 spiro atoms. The van der Waals surface area contributed by atoms with Crippen molar-refractivity contribution in [2.24, 2.45) is 0 Å². The van der Waals surface area contributed by atoms with E-state index in [0.717, 1.165) is 12.1 Å². The van der Waals surface area contributed by atoms with E-state index in [-0.39, 0.29) is 36.1 Å². The van der Waals surface area contributed by atoms with Crippen molar-refractivity contribution < 1.29 is 22.7 Å². The van der Waals surface area contributed by atoms with Crippen LogP contribution in [-0.4, -0.2) is 12.5 Å². The highest BCUT2D eigenvalue weighted by atomic mass is 19.1. The molecule has 0 unspecified atom stereocenters. The van der Waals surface area contributed by atoms with E-state index in [4.69, 9.17) is 4.74 Å². The van der Waals surface area contributed by atoms with Gasteiger partial charge >= 0.3 is 0 Å². The molecule has 1 aliphatic heterocycles. The molecule has 0 bridgehead atoms. The van der Waals surface area contributed by atoms with Gasteiger partial charge in [-0.2, -0.15) is 0 Å². The summed E-state index contributed by atoms with van der Waals surface area (Å²) in [6.45, 7) is 0.311. The van der Waals surface area contributed by atoms with Gasteiger partial charge < -0.3 is 10.1 Å². The number of carbonyl (C=O) groups is 1. The standard InChI is InChI=1S/C18H16F3NO2/c19-12-6-4-11(15(21)10-12)5-7-17(23)22-16-8-9-24-18-13(16)2-1-3-14(18)20/h1-4,6,10,16H,5,7-9H2,(H,22,23)/t16-/m0/s1. The molecular weight excluding hydrogens is 319 g/mol. The van der Waals surface area contributed by atoms with E-state index in [1.165, 1.54) is 12.1 Å². The first kappa shape index (κ1) is 16.4. The van der Waals surface area contributed by atoms with Crippen LogP contribution in [0, 0.1) is 17.5 Å². The number of para-hydroxylation sites is 1. The Kier molecular flexibility index (Phi) is 4.74. The summed E-state index contributed by atoms with van der Waals surface area (Å²) < 4.78 is 45.5. The van der Waals surface area contributed by atoms with Crippen molar-refractivity contribution in [1.29, 1.82) is 0 Å². The van der Waals surface area contributed by atoms with Gasteiger partial charge in [0.2, 0.25) is 5.91 Å². The van der Waals surface area contributed by atoms with E-state index in [2.05, 4.69) is 5.32 Å².